The summed E-state index contributed by atoms with van der Waals surface area (Å²) < 4.78 is 0. The highest BCUT2D eigenvalue weighted by molar-refractivity contribution is 5.74. The molecule has 2 amide bonds. The second-order valence-electron chi connectivity index (χ2n) is 6.63. The zero-order chi connectivity index (χ0) is 14.4. The van der Waals surface area contributed by atoms with Gasteiger partial charge in [-0.1, -0.05) is 19.8 Å². The summed E-state index contributed by atoms with van der Waals surface area (Å²) in [6.07, 6.45) is 10.6. The Morgan fingerprint density at radius 2 is 1.45 bits per heavy atom. The first-order valence-electron chi connectivity index (χ1n) is 8.42. The predicted octanol–water partition coefficient (Wildman–Crippen LogP) is 2.95. The normalized spacial score (nSPS) is 34.5. The van der Waals surface area contributed by atoms with Gasteiger partial charge in [0.25, 0.3) is 0 Å². The SMILES string of the molecule is CCCC1CCC(NC(=O)NC2CCC(O)CC2)CC1. The quantitative estimate of drug-likeness (QED) is 0.742. The summed E-state index contributed by atoms with van der Waals surface area (Å²) >= 11 is 0. The number of carbonyl (C=O) groups excluding carboxylic acids is 1. The van der Waals surface area contributed by atoms with Crippen molar-refractivity contribution < 1.29 is 9.90 Å². The molecule has 20 heavy (non-hydrogen) atoms. The Kier molecular flexibility index (Phi) is 6.14. The topological polar surface area (TPSA) is 61.4 Å². The fourth-order valence-corrected chi connectivity index (χ4v) is 3.64. The summed E-state index contributed by atoms with van der Waals surface area (Å²) in [4.78, 5) is 12.0. The van der Waals surface area contributed by atoms with Crippen molar-refractivity contribution in [1.82, 2.24) is 10.6 Å². The first-order chi connectivity index (χ1) is 9.67. The van der Waals surface area contributed by atoms with Gasteiger partial charge in [0.1, 0.15) is 0 Å². The average Bonchev–Trinajstić information content (AvgIpc) is 2.44. The number of aliphatic hydroxyl groups excluding tert-OH is 1. The number of hydrogen-bond acceptors (Lipinski definition) is 2. The molecule has 2 fully saturated rings. The smallest absolute Gasteiger partial charge is 0.315 e. The number of nitrogens with one attached hydrogen (secondary N) is 2. The van der Waals surface area contributed by atoms with E-state index in [1.54, 1.807) is 0 Å². The van der Waals surface area contributed by atoms with Crippen molar-refractivity contribution in [1.29, 1.82) is 0 Å². The second-order valence-corrected chi connectivity index (χ2v) is 6.63. The Hall–Kier alpha value is -0.770. The number of aliphatic hydroxyl groups is 1. The van der Waals surface area contributed by atoms with Gasteiger partial charge in [0.05, 0.1) is 6.10 Å². The van der Waals surface area contributed by atoms with Crippen LogP contribution in [0.5, 0.6) is 0 Å². The van der Waals surface area contributed by atoms with Crippen molar-refractivity contribution in [3.63, 3.8) is 0 Å². The highest BCUT2D eigenvalue weighted by Crippen LogP contribution is 2.27. The van der Waals surface area contributed by atoms with Gasteiger partial charge in [0.2, 0.25) is 0 Å². The number of carbonyl (C=O) groups is 1. The van der Waals surface area contributed by atoms with Gasteiger partial charge in [0, 0.05) is 12.1 Å². The van der Waals surface area contributed by atoms with Crippen LogP contribution in [0.3, 0.4) is 0 Å². The standard InChI is InChI=1S/C16H30N2O2/c1-2-3-12-4-6-13(7-5-12)17-16(20)18-14-8-10-15(19)11-9-14/h12-15,19H,2-11H2,1H3,(H2,17,18,20). The molecule has 0 unspecified atom stereocenters. The summed E-state index contributed by atoms with van der Waals surface area (Å²) in [6, 6.07) is 0.595. The van der Waals surface area contributed by atoms with Gasteiger partial charge in [-0.05, 0) is 57.3 Å². The van der Waals surface area contributed by atoms with Crippen LogP contribution in [0.25, 0.3) is 0 Å². The van der Waals surface area contributed by atoms with Crippen molar-refractivity contribution in [2.45, 2.75) is 89.3 Å². The molecule has 0 aromatic heterocycles. The zero-order valence-electron chi connectivity index (χ0n) is 12.7. The molecule has 0 aliphatic heterocycles. The van der Waals surface area contributed by atoms with Gasteiger partial charge in [-0.2, -0.15) is 0 Å². The van der Waals surface area contributed by atoms with Crippen LogP contribution in [0.2, 0.25) is 0 Å². The monoisotopic (exact) mass is 282 g/mol. The Labute approximate surface area is 122 Å². The summed E-state index contributed by atoms with van der Waals surface area (Å²) in [7, 11) is 0. The van der Waals surface area contributed by atoms with E-state index in [1.165, 1.54) is 25.7 Å². The highest BCUT2D eigenvalue weighted by Gasteiger charge is 2.24. The summed E-state index contributed by atoms with van der Waals surface area (Å²) in [5.41, 5.74) is 0. The van der Waals surface area contributed by atoms with Crippen LogP contribution in [0.15, 0.2) is 0 Å². The number of hydrogen-bond donors (Lipinski definition) is 3. The van der Waals surface area contributed by atoms with Crippen LogP contribution in [0.1, 0.15) is 71.1 Å². The van der Waals surface area contributed by atoms with Crippen molar-refractivity contribution in [3.8, 4) is 0 Å². The van der Waals surface area contributed by atoms with E-state index in [0.717, 1.165) is 44.4 Å². The Morgan fingerprint density at radius 3 is 1.95 bits per heavy atom. The lowest BCUT2D eigenvalue weighted by atomic mass is 9.83. The molecule has 0 saturated heterocycles. The molecule has 3 N–H and O–H groups in total. The first kappa shape index (κ1) is 15.6. The van der Waals surface area contributed by atoms with Crippen LogP contribution in [-0.4, -0.2) is 29.3 Å². The maximum atomic E-state index is 12.0. The third-order valence-corrected chi connectivity index (χ3v) is 4.91. The van der Waals surface area contributed by atoms with E-state index < -0.39 is 0 Å². The summed E-state index contributed by atoms with van der Waals surface area (Å²) in [6.45, 7) is 2.25. The first-order valence-corrected chi connectivity index (χ1v) is 8.42. The lowest BCUT2D eigenvalue weighted by Gasteiger charge is -2.31. The van der Waals surface area contributed by atoms with E-state index in [-0.39, 0.29) is 18.2 Å². The van der Waals surface area contributed by atoms with Crippen LogP contribution >= 0.6 is 0 Å². The minimum absolute atomic E-state index is 0.00895. The van der Waals surface area contributed by atoms with Gasteiger partial charge in [-0.3, -0.25) is 0 Å². The van der Waals surface area contributed by atoms with Crippen molar-refractivity contribution in [2.75, 3.05) is 0 Å². The van der Waals surface area contributed by atoms with Gasteiger partial charge in [0.15, 0.2) is 0 Å². The van der Waals surface area contributed by atoms with E-state index in [4.69, 9.17) is 0 Å². The van der Waals surface area contributed by atoms with E-state index in [0.29, 0.717) is 6.04 Å². The lowest BCUT2D eigenvalue weighted by molar-refractivity contribution is 0.117. The van der Waals surface area contributed by atoms with Crippen LogP contribution < -0.4 is 10.6 Å². The molecule has 0 heterocycles. The van der Waals surface area contributed by atoms with Gasteiger partial charge in [-0.15, -0.1) is 0 Å². The molecule has 2 saturated carbocycles. The molecule has 116 valence electrons. The molecule has 0 atom stereocenters. The molecule has 0 spiro atoms. The molecular weight excluding hydrogens is 252 g/mol. The minimum Gasteiger partial charge on any atom is -0.393 e. The van der Waals surface area contributed by atoms with Crippen LogP contribution in [-0.2, 0) is 0 Å². The molecule has 0 radical (unpaired) electrons. The van der Waals surface area contributed by atoms with E-state index in [1.807, 2.05) is 0 Å². The summed E-state index contributed by atoms with van der Waals surface area (Å²) in [5.74, 6) is 0.876. The molecular formula is C16H30N2O2. The second kappa shape index (κ2) is 7.87. The molecule has 2 aliphatic rings. The maximum Gasteiger partial charge on any atom is 0.315 e. The molecule has 4 heteroatoms. The van der Waals surface area contributed by atoms with Gasteiger partial charge in [-0.25, -0.2) is 4.79 Å². The largest absolute Gasteiger partial charge is 0.393 e. The highest BCUT2D eigenvalue weighted by atomic mass is 16.3. The molecule has 0 aromatic rings. The van der Waals surface area contributed by atoms with Gasteiger partial charge >= 0.3 is 6.03 Å². The minimum atomic E-state index is -0.162. The average molecular weight is 282 g/mol. The Morgan fingerprint density at radius 1 is 0.950 bits per heavy atom. The van der Waals surface area contributed by atoms with E-state index in [9.17, 15) is 9.90 Å². The number of urea groups is 1. The third kappa shape index (κ3) is 4.97. The fourth-order valence-electron chi connectivity index (χ4n) is 3.64. The molecule has 0 bridgehead atoms. The number of amides is 2. The predicted molar refractivity (Wildman–Crippen MR) is 80.6 cm³/mol. The number of rotatable bonds is 4. The Balaban J connectivity index is 1.63. The third-order valence-electron chi connectivity index (χ3n) is 4.91. The Bertz CT molecular complexity index is 293. The molecule has 2 rings (SSSR count). The molecule has 4 nitrogen and oxygen atoms in total. The summed E-state index contributed by atoms with van der Waals surface area (Å²) in [5, 5.41) is 15.7. The van der Waals surface area contributed by atoms with Gasteiger partial charge < -0.3 is 15.7 Å². The van der Waals surface area contributed by atoms with E-state index >= 15 is 0 Å². The maximum absolute atomic E-state index is 12.0. The van der Waals surface area contributed by atoms with Crippen LogP contribution in [0, 0.1) is 5.92 Å². The van der Waals surface area contributed by atoms with Crippen LogP contribution in [0.4, 0.5) is 4.79 Å². The van der Waals surface area contributed by atoms with Crippen molar-refractivity contribution in [3.05, 3.63) is 0 Å². The molecule has 2 aliphatic carbocycles. The zero-order valence-corrected chi connectivity index (χ0v) is 12.7. The van der Waals surface area contributed by atoms with E-state index in [2.05, 4.69) is 17.6 Å². The lowest BCUT2D eigenvalue weighted by Crippen LogP contribution is -2.48. The van der Waals surface area contributed by atoms with Crippen molar-refractivity contribution in [2.24, 2.45) is 5.92 Å². The van der Waals surface area contributed by atoms with Crippen molar-refractivity contribution >= 4 is 6.03 Å². The molecule has 0 aromatic carbocycles. The fraction of sp³-hybridized carbons (Fsp3) is 0.938.